The number of anilines is 1. The highest BCUT2D eigenvalue weighted by Gasteiger charge is 2.29. The molecule has 144 valence electrons. The third kappa shape index (κ3) is 3.68. The zero-order valence-corrected chi connectivity index (χ0v) is 17.0. The Balaban J connectivity index is 1.63. The highest BCUT2D eigenvalue weighted by Crippen LogP contribution is 2.28. The number of rotatable bonds is 4. The van der Waals surface area contributed by atoms with Crippen LogP contribution in [0.5, 0.6) is 0 Å². The lowest BCUT2D eigenvalue weighted by Gasteiger charge is -2.28. The van der Waals surface area contributed by atoms with E-state index < -0.39 is 15.9 Å². The van der Waals surface area contributed by atoms with Gasteiger partial charge in [0.2, 0.25) is 10.0 Å². The minimum Gasteiger partial charge on any atom is -0.298 e. The molecular formula is C19H16ClN3O3S2. The van der Waals surface area contributed by atoms with Gasteiger partial charge in [0.15, 0.2) is 5.13 Å². The lowest BCUT2D eigenvalue weighted by molar-refractivity contribution is 0.102. The summed E-state index contributed by atoms with van der Waals surface area (Å²) in [7, 11) is -3.76. The number of aromatic nitrogens is 1. The van der Waals surface area contributed by atoms with Gasteiger partial charge in [-0.1, -0.05) is 35.9 Å². The molecule has 0 bridgehead atoms. The molecule has 28 heavy (non-hydrogen) atoms. The van der Waals surface area contributed by atoms with Gasteiger partial charge in [-0.05, 0) is 35.7 Å². The van der Waals surface area contributed by atoms with Crippen molar-refractivity contribution in [2.45, 2.75) is 17.9 Å². The predicted molar refractivity (Wildman–Crippen MR) is 109 cm³/mol. The van der Waals surface area contributed by atoms with Crippen molar-refractivity contribution in [3.05, 3.63) is 75.8 Å². The Kier molecular flexibility index (Phi) is 5.20. The lowest BCUT2D eigenvalue weighted by atomic mass is 10.0. The molecule has 3 aromatic rings. The Hall–Kier alpha value is -2.26. The first-order chi connectivity index (χ1) is 13.4. The first-order valence-electron chi connectivity index (χ1n) is 8.52. The molecule has 4 rings (SSSR count). The summed E-state index contributed by atoms with van der Waals surface area (Å²) >= 11 is 7.41. The Bertz CT molecular complexity index is 1130. The molecule has 0 saturated heterocycles. The highest BCUT2D eigenvalue weighted by molar-refractivity contribution is 7.89. The molecule has 1 aliphatic heterocycles. The van der Waals surface area contributed by atoms with Crippen molar-refractivity contribution in [3.8, 4) is 0 Å². The maximum atomic E-state index is 13.1. The molecule has 2 aromatic carbocycles. The largest absolute Gasteiger partial charge is 0.298 e. The molecule has 1 amide bonds. The van der Waals surface area contributed by atoms with Gasteiger partial charge in [0.25, 0.3) is 5.91 Å². The average Bonchev–Trinajstić information content (AvgIpc) is 3.20. The zero-order chi connectivity index (χ0) is 19.7. The molecule has 0 atom stereocenters. The van der Waals surface area contributed by atoms with E-state index in [1.165, 1.54) is 33.8 Å². The fraction of sp³-hybridized carbons (Fsp3) is 0.158. The van der Waals surface area contributed by atoms with Gasteiger partial charge in [0, 0.05) is 24.7 Å². The Morgan fingerprint density at radius 2 is 1.96 bits per heavy atom. The zero-order valence-electron chi connectivity index (χ0n) is 14.6. The molecule has 0 aliphatic carbocycles. The topological polar surface area (TPSA) is 79.4 Å². The van der Waals surface area contributed by atoms with Crippen molar-refractivity contribution in [1.29, 1.82) is 0 Å². The van der Waals surface area contributed by atoms with E-state index in [2.05, 4.69) is 10.3 Å². The number of sulfonamides is 1. The van der Waals surface area contributed by atoms with Crippen LogP contribution in [-0.2, 0) is 23.0 Å². The molecule has 0 unspecified atom stereocenters. The number of hydrogen-bond acceptors (Lipinski definition) is 5. The fourth-order valence-electron chi connectivity index (χ4n) is 3.11. The van der Waals surface area contributed by atoms with Crippen LogP contribution < -0.4 is 5.32 Å². The molecule has 1 aliphatic rings. The first-order valence-corrected chi connectivity index (χ1v) is 11.2. The molecule has 9 heteroatoms. The molecule has 0 spiro atoms. The van der Waals surface area contributed by atoms with Gasteiger partial charge in [-0.3, -0.25) is 10.1 Å². The second-order valence-corrected chi connectivity index (χ2v) is 9.53. The number of nitrogens with zero attached hydrogens (tertiary/aromatic N) is 2. The monoisotopic (exact) mass is 433 g/mol. The van der Waals surface area contributed by atoms with Crippen LogP contribution in [0, 0.1) is 0 Å². The number of nitrogens with one attached hydrogen (secondary N) is 1. The SMILES string of the molecule is O=C(Nc1nccs1)c1cc(S(=O)(=O)N2CCc3ccccc3C2)ccc1Cl. The summed E-state index contributed by atoms with van der Waals surface area (Å²) in [5.41, 5.74) is 2.25. The smallest absolute Gasteiger partial charge is 0.259 e. The second-order valence-electron chi connectivity index (χ2n) is 6.29. The van der Waals surface area contributed by atoms with Gasteiger partial charge < -0.3 is 0 Å². The normalized spacial score (nSPS) is 14.5. The molecule has 0 saturated carbocycles. The van der Waals surface area contributed by atoms with Crippen molar-refractivity contribution >= 4 is 44.0 Å². The minimum absolute atomic E-state index is 0.0422. The molecular weight excluding hydrogens is 418 g/mol. The fourth-order valence-corrected chi connectivity index (χ4v) is 5.29. The Morgan fingerprint density at radius 1 is 1.18 bits per heavy atom. The van der Waals surface area contributed by atoms with Crippen LogP contribution in [-0.4, -0.2) is 30.2 Å². The van der Waals surface area contributed by atoms with Crippen LogP contribution in [0.15, 0.2) is 58.9 Å². The van der Waals surface area contributed by atoms with Crippen LogP contribution in [0.1, 0.15) is 21.5 Å². The Labute approximate surface area is 171 Å². The number of carbonyl (C=O) groups excluding carboxylic acids is 1. The molecule has 1 aromatic heterocycles. The van der Waals surface area contributed by atoms with E-state index >= 15 is 0 Å². The molecule has 0 radical (unpaired) electrons. The van der Waals surface area contributed by atoms with E-state index in [9.17, 15) is 13.2 Å². The summed E-state index contributed by atoms with van der Waals surface area (Å²) in [5, 5.41) is 4.95. The van der Waals surface area contributed by atoms with Crippen LogP contribution >= 0.6 is 22.9 Å². The van der Waals surface area contributed by atoms with Crippen LogP contribution in [0.2, 0.25) is 5.02 Å². The molecule has 2 heterocycles. The first kappa shape index (κ1) is 19.1. The molecule has 0 fully saturated rings. The standard InChI is InChI=1S/C19H16ClN3O3S2/c20-17-6-5-15(11-16(17)18(24)22-19-21-8-10-27-19)28(25,26)23-9-7-13-3-1-2-4-14(13)12-23/h1-6,8,10-11H,7,9,12H2,(H,21,22,24). The number of halogens is 1. The van der Waals surface area contributed by atoms with E-state index in [-0.39, 0.29) is 15.5 Å². The summed E-state index contributed by atoms with van der Waals surface area (Å²) in [6, 6.07) is 12.0. The minimum atomic E-state index is -3.76. The van der Waals surface area contributed by atoms with Crippen molar-refractivity contribution in [2.75, 3.05) is 11.9 Å². The number of thiazole rings is 1. The van der Waals surface area contributed by atoms with Gasteiger partial charge >= 0.3 is 0 Å². The van der Waals surface area contributed by atoms with Crippen molar-refractivity contribution < 1.29 is 13.2 Å². The lowest BCUT2D eigenvalue weighted by Crippen LogP contribution is -2.36. The van der Waals surface area contributed by atoms with Crippen molar-refractivity contribution in [2.24, 2.45) is 0 Å². The van der Waals surface area contributed by atoms with Gasteiger partial charge in [-0.15, -0.1) is 11.3 Å². The number of amides is 1. The summed E-state index contributed by atoms with van der Waals surface area (Å²) in [4.78, 5) is 16.6. The maximum Gasteiger partial charge on any atom is 0.259 e. The second kappa shape index (κ2) is 7.63. The summed E-state index contributed by atoms with van der Waals surface area (Å²) in [6.07, 6.45) is 2.22. The van der Waals surface area contributed by atoms with E-state index in [1.54, 1.807) is 11.6 Å². The number of fused-ring (bicyclic) bond motifs is 1. The van der Waals surface area contributed by atoms with Crippen LogP contribution in [0.3, 0.4) is 0 Å². The predicted octanol–water partition coefficient (Wildman–Crippen LogP) is 3.80. The number of hydrogen-bond donors (Lipinski definition) is 1. The van der Waals surface area contributed by atoms with Gasteiger partial charge in [0.05, 0.1) is 15.5 Å². The van der Waals surface area contributed by atoms with E-state index in [0.717, 1.165) is 11.1 Å². The third-order valence-electron chi connectivity index (χ3n) is 4.57. The summed E-state index contributed by atoms with van der Waals surface area (Å²) < 4.78 is 27.7. The van der Waals surface area contributed by atoms with Gasteiger partial charge in [-0.25, -0.2) is 13.4 Å². The van der Waals surface area contributed by atoms with Crippen LogP contribution in [0.4, 0.5) is 5.13 Å². The maximum absolute atomic E-state index is 13.1. The molecule has 6 nitrogen and oxygen atoms in total. The number of carbonyl (C=O) groups is 1. The van der Waals surface area contributed by atoms with Crippen molar-refractivity contribution in [1.82, 2.24) is 9.29 Å². The van der Waals surface area contributed by atoms with Gasteiger partial charge in [0.1, 0.15) is 0 Å². The number of benzene rings is 2. The quantitative estimate of drug-likeness (QED) is 0.678. The van der Waals surface area contributed by atoms with Gasteiger partial charge in [-0.2, -0.15) is 4.31 Å². The summed E-state index contributed by atoms with van der Waals surface area (Å²) in [6.45, 7) is 0.699. The third-order valence-corrected chi connectivity index (χ3v) is 7.43. The van der Waals surface area contributed by atoms with Crippen LogP contribution in [0.25, 0.3) is 0 Å². The average molecular weight is 434 g/mol. The van der Waals surface area contributed by atoms with E-state index in [4.69, 9.17) is 11.6 Å². The van der Waals surface area contributed by atoms with E-state index in [0.29, 0.717) is 24.6 Å². The summed E-state index contributed by atoms with van der Waals surface area (Å²) in [5.74, 6) is -0.499. The Morgan fingerprint density at radius 3 is 2.71 bits per heavy atom. The molecule has 1 N–H and O–H groups in total. The van der Waals surface area contributed by atoms with Crippen molar-refractivity contribution in [3.63, 3.8) is 0 Å². The van der Waals surface area contributed by atoms with E-state index in [1.807, 2.05) is 24.3 Å². The highest BCUT2D eigenvalue weighted by atomic mass is 35.5.